The number of rotatable bonds is 3. The third-order valence-electron chi connectivity index (χ3n) is 2.52. The smallest absolute Gasteiger partial charge is 0.338 e. The number of hydrogen-bond acceptors (Lipinski definition) is 4. The fourth-order valence-electron chi connectivity index (χ4n) is 1.64. The van der Waals surface area contributed by atoms with Crippen molar-refractivity contribution in [2.75, 3.05) is 10.6 Å². The first kappa shape index (κ1) is 16.0. The molecule has 0 atom stereocenters. The lowest BCUT2D eigenvalue weighted by Crippen LogP contribution is -2.10. The van der Waals surface area contributed by atoms with E-state index in [9.17, 15) is 18.0 Å². The number of amides is 1. The molecule has 1 aromatic carbocycles. The maximum Gasteiger partial charge on any atom is 0.418 e. The Bertz CT molecular complexity index is 689. The van der Waals surface area contributed by atoms with E-state index in [4.69, 9.17) is 11.6 Å². The van der Waals surface area contributed by atoms with Gasteiger partial charge < -0.3 is 10.6 Å². The molecule has 1 heterocycles. The van der Waals surface area contributed by atoms with Gasteiger partial charge >= 0.3 is 6.18 Å². The topological polar surface area (TPSA) is 66.9 Å². The average molecular weight is 331 g/mol. The highest BCUT2D eigenvalue weighted by atomic mass is 35.5. The molecule has 0 aliphatic carbocycles. The summed E-state index contributed by atoms with van der Waals surface area (Å²) in [6, 6.07) is 6.17. The Hall–Kier alpha value is -2.35. The largest absolute Gasteiger partial charge is 0.418 e. The molecule has 2 rings (SSSR count). The quantitative estimate of drug-likeness (QED) is 0.897. The molecule has 0 radical (unpaired) electrons. The van der Waals surface area contributed by atoms with E-state index < -0.39 is 11.7 Å². The second kappa shape index (κ2) is 6.18. The number of carbonyl (C=O) groups is 1. The van der Waals surface area contributed by atoms with Gasteiger partial charge in [0.05, 0.1) is 11.3 Å². The molecule has 0 aliphatic heterocycles. The first-order valence-electron chi connectivity index (χ1n) is 6.01. The van der Waals surface area contributed by atoms with Crippen LogP contribution in [0.15, 0.2) is 30.3 Å². The van der Waals surface area contributed by atoms with Crippen molar-refractivity contribution in [1.82, 2.24) is 10.2 Å². The van der Waals surface area contributed by atoms with Crippen molar-refractivity contribution >= 4 is 34.8 Å². The Kier molecular flexibility index (Phi) is 4.51. The standard InChI is InChI=1S/C13H10ClF3N4O/c1-7(22)18-11-4-5-12(21-20-11)19-10-3-2-8(14)6-9(10)13(15,16)17/h2-6H,1H3,(H,19,21)(H,18,20,22). The van der Waals surface area contributed by atoms with E-state index in [0.717, 1.165) is 6.07 Å². The van der Waals surface area contributed by atoms with Crippen LogP contribution in [0.3, 0.4) is 0 Å². The van der Waals surface area contributed by atoms with E-state index in [1.54, 1.807) is 0 Å². The zero-order valence-electron chi connectivity index (χ0n) is 11.2. The van der Waals surface area contributed by atoms with E-state index >= 15 is 0 Å². The summed E-state index contributed by atoms with van der Waals surface area (Å²) >= 11 is 5.60. The second-order valence-electron chi connectivity index (χ2n) is 4.30. The molecule has 0 saturated heterocycles. The van der Waals surface area contributed by atoms with Crippen molar-refractivity contribution in [1.29, 1.82) is 0 Å². The van der Waals surface area contributed by atoms with Crippen molar-refractivity contribution in [3.05, 3.63) is 40.9 Å². The number of carbonyl (C=O) groups excluding carboxylic acids is 1. The molecule has 1 aromatic heterocycles. The maximum absolute atomic E-state index is 13.0. The molecule has 0 unspecified atom stereocenters. The van der Waals surface area contributed by atoms with Crippen LogP contribution < -0.4 is 10.6 Å². The van der Waals surface area contributed by atoms with Crippen molar-refractivity contribution in [2.24, 2.45) is 0 Å². The van der Waals surface area contributed by atoms with Gasteiger partial charge in [0, 0.05) is 11.9 Å². The van der Waals surface area contributed by atoms with Gasteiger partial charge in [0.2, 0.25) is 5.91 Å². The first-order valence-corrected chi connectivity index (χ1v) is 6.38. The monoisotopic (exact) mass is 330 g/mol. The SMILES string of the molecule is CC(=O)Nc1ccc(Nc2ccc(Cl)cc2C(F)(F)F)nn1. The summed E-state index contributed by atoms with van der Waals surface area (Å²) in [5.41, 5.74) is -1.11. The zero-order valence-corrected chi connectivity index (χ0v) is 12.0. The highest BCUT2D eigenvalue weighted by molar-refractivity contribution is 6.30. The third-order valence-corrected chi connectivity index (χ3v) is 2.75. The molecule has 2 N–H and O–H groups in total. The average Bonchev–Trinajstić information content (AvgIpc) is 2.41. The predicted molar refractivity (Wildman–Crippen MR) is 76.1 cm³/mol. The van der Waals surface area contributed by atoms with Gasteiger partial charge in [-0.3, -0.25) is 4.79 Å². The second-order valence-corrected chi connectivity index (χ2v) is 4.73. The number of nitrogens with one attached hydrogen (secondary N) is 2. The predicted octanol–water partition coefficient (Wildman–Crippen LogP) is 3.85. The van der Waals surface area contributed by atoms with Crippen molar-refractivity contribution < 1.29 is 18.0 Å². The van der Waals surface area contributed by atoms with Crippen molar-refractivity contribution in [2.45, 2.75) is 13.1 Å². The summed E-state index contributed by atoms with van der Waals surface area (Å²) in [6.07, 6.45) is -4.56. The maximum atomic E-state index is 13.0. The van der Waals surface area contributed by atoms with Gasteiger partial charge in [0.1, 0.15) is 0 Å². The summed E-state index contributed by atoms with van der Waals surface area (Å²) in [5.74, 6) is -0.0285. The van der Waals surface area contributed by atoms with E-state index in [1.807, 2.05) is 0 Å². The molecule has 2 aromatic rings. The summed E-state index contributed by atoms with van der Waals surface area (Å²) in [5, 5.41) is 12.3. The highest BCUT2D eigenvalue weighted by Crippen LogP contribution is 2.37. The minimum absolute atomic E-state index is 0.0232. The van der Waals surface area contributed by atoms with E-state index in [-0.39, 0.29) is 28.3 Å². The Morgan fingerprint density at radius 3 is 2.32 bits per heavy atom. The van der Waals surface area contributed by atoms with Crippen LogP contribution in [0.1, 0.15) is 12.5 Å². The van der Waals surface area contributed by atoms with Crippen LogP contribution in [0, 0.1) is 0 Å². The van der Waals surface area contributed by atoms with Gasteiger partial charge in [-0.2, -0.15) is 13.2 Å². The number of benzene rings is 1. The molecule has 116 valence electrons. The summed E-state index contributed by atoms with van der Waals surface area (Å²) in [7, 11) is 0. The van der Waals surface area contributed by atoms with E-state index in [0.29, 0.717) is 0 Å². The molecule has 0 spiro atoms. The normalized spacial score (nSPS) is 11.1. The molecule has 0 saturated carbocycles. The van der Waals surface area contributed by atoms with Crippen molar-refractivity contribution in [3.8, 4) is 0 Å². The molecular weight excluding hydrogens is 321 g/mol. The van der Waals surface area contributed by atoms with Crippen LogP contribution in [0.5, 0.6) is 0 Å². The Morgan fingerprint density at radius 2 is 1.77 bits per heavy atom. The molecule has 5 nitrogen and oxygen atoms in total. The van der Waals surface area contributed by atoms with Gasteiger partial charge in [0.15, 0.2) is 11.6 Å². The lowest BCUT2D eigenvalue weighted by Gasteiger charge is -2.14. The molecule has 0 fully saturated rings. The minimum atomic E-state index is -4.56. The van der Waals surface area contributed by atoms with E-state index in [1.165, 1.54) is 31.2 Å². The number of hydrogen-bond donors (Lipinski definition) is 2. The van der Waals surface area contributed by atoms with Gasteiger partial charge in [-0.1, -0.05) is 11.6 Å². The molecule has 0 bridgehead atoms. The van der Waals surface area contributed by atoms with Crippen LogP contribution in [0.2, 0.25) is 5.02 Å². The summed E-state index contributed by atoms with van der Waals surface area (Å²) < 4.78 is 38.9. The van der Waals surface area contributed by atoms with Crippen molar-refractivity contribution in [3.63, 3.8) is 0 Å². The Balaban J connectivity index is 2.25. The molecule has 0 aliphatic rings. The first-order chi connectivity index (χ1) is 10.3. The highest BCUT2D eigenvalue weighted by Gasteiger charge is 2.33. The van der Waals surface area contributed by atoms with Gasteiger partial charge in [-0.05, 0) is 30.3 Å². The van der Waals surface area contributed by atoms with E-state index in [2.05, 4.69) is 20.8 Å². The fourth-order valence-corrected chi connectivity index (χ4v) is 1.82. The fraction of sp³-hybridized carbons (Fsp3) is 0.154. The minimum Gasteiger partial charge on any atom is -0.338 e. The molecule has 9 heteroatoms. The lowest BCUT2D eigenvalue weighted by atomic mass is 10.1. The molecule has 1 amide bonds. The number of aromatic nitrogens is 2. The van der Waals surface area contributed by atoms with Crippen LogP contribution >= 0.6 is 11.6 Å². The number of halogens is 4. The third kappa shape index (κ3) is 4.08. The van der Waals surface area contributed by atoms with Crippen LogP contribution in [-0.2, 0) is 11.0 Å². The van der Waals surface area contributed by atoms with Gasteiger partial charge in [-0.15, -0.1) is 10.2 Å². The molecule has 22 heavy (non-hydrogen) atoms. The summed E-state index contributed by atoms with van der Waals surface area (Å²) in [6.45, 7) is 1.30. The van der Waals surface area contributed by atoms with Gasteiger partial charge in [-0.25, -0.2) is 0 Å². The number of nitrogens with zero attached hydrogens (tertiary/aromatic N) is 2. The van der Waals surface area contributed by atoms with Crippen LogP contribution in [0.4, 0.5) is 30.5 Å². The zero-order chi connectivity index (χ0) is 16.3. The van der Waals surface area contributed by atoms with Crippen LogP contribution in [-0.4, -0.2) is 16.1 Å². The van der Waals surface area contributed by atoms with Crippen LogP contribution in [0.25, 0.3) is 0 Å². The molecular formula is C13H10ClF3N4O. The number of alkyl halides is 3. The lowest BCUT2D eigenvalue weighted by molar-refractivity contribution is -0.136. The Labute approximate surface area is 128 Å². The number of anilines is 3. The van der Waals surface area contributed by atoms with Gasteiger partial charge in [0.25, 0.3) is 0 Å². The summed E-state index contributed by atoms with van der Waals surface area (Å²) in [4.78, 5) is 10.8. The Morgan fingerprint density at radius 1 is 1.14 bits per heavy atom.